The van der Waals surface area contributed by atoms with Gasteiger partial charge in [0.05, 0.1) is 18.3 Å². The summed E-state index contributed by atoms with van der Waals surface area (Å²) in [5.74, 6) is 3.16. The van der Waals surface area contributed by atoms with Crippen LogP contribution in [0.25, 0.3) is 28.9 Å². The summed E-state index contributed by atoms with van der Waals surface area (Å²) in [6.45, 7) is 0. The number of furan rings is 2. The summed E-state index contributed by atoms with van der Waals surface area (Å²) in [6, 6.07) is 17.1. The Hall–Kier alpha value is -3.59. The Morgan fingerprint density at radius 1 is 0.857 bits per heavy atom. The second kappa shape index (κ2) is 7.20. The smallest absolute Gasteiger partial charge is 0.238 e. The molecule has 0 amide bonds. The van der Waals surface area contributed by atoms with Crippen molar-refractivity contribution in [1.29, 1.82) is 0 Å². The molecule has 28 heavy (non-hydrogen) atoms. The van der Waals surface area contributed by atoms with Gasteiger partial charge in [-0.2, -0.15) is 4.98 Å². The van der Waals surface area contributed by atoms with E-state index in [0.29, 0.717) is 40.0 Å². The SMILES string of the molecule is c1ccc(-n2c(SCc3nc(-c4ccco4)no3)nnc2-c2ccco2)cc1. The van der Waals surface area contributed by atoms with E-state index >= 15 is 0 Å². The molecule has 138 valence electrons. The van der Waals surface area contributed by atoms with E-state index in [1.807, 2.05) is 47.0 Å². The number of para-hydroxylation sites is 1. The average molecular weight is 391 g/mol. The van der Waals surface area contributed by atoms with Gasteiger partial charge < -0.3 is 13.4 Å². The van der Waals surface area contributed by atoms with Crippen molar-refractivity contribution in [2.45, 2.75) is 10.9 Å². The van der Waals surface area contributed by atoms with Crippen molar-refractivity contribution in [2.24, 2.45) is 0 Å². The van der Waals surface area contributed by atoms with Crippen LogP contribution in [0.15, 0.2) is 85.6 Å². The fourth-order valence-electron chi connectivity index (χ4n) is 2.68. The number of hydrogen-bond acceptors (Lipinski definition) is 8. The Bertz CT molecular complexity index is 1160. The lowest BCUT2D eigenvalue weighted by atomic mass is 10.3. The standard InChI is InChI=1S/C19H13N5O3S/c1-2-6-13(7-3-1)24-18(15-9-5-11-26-15)21-22-19(24)28-12-16-20-17(23-27-16)14-8-4-10-25-14/h1-11H,12H2. The molecule has 0 spiro atoms. The highest BCUT2D eigenvalue weighted by Gasteiger charge is 2.19. The number of nitrogens with zero attached hydrogens (tertiary/aromatic N) is 5. The summed E-state index contributed by atoms with van der Waals surface area (Å²) < 4.78 is 18.1. The van der Waals surface area contributed by atoms with E-state index in [9.17, 15) is 0 Å². The van der Waals surface area contributed by atoms with Crippen LogP contribution in [0.4, 0.5) is 0 Å². The average Bonchev–Trinajstić information content (AvgIpc) is 3.53. The van der Waals surface area contributed by atoms with Gasteiger partial charge in [-0.1, -0.05) is 35.1 Å². The van der Waals surface area contributed by atoms with E-state index in [4.69, 9.17) is 13.4 Å². The highest BCUT2D eigenvalue weighted by molar-refractivity contribution is 7.98. The molecule has 8 nitrogen and oxygen atoms in total. The molecule has 0 aliphatic heterocycles. The van der Waals surface area contributed by atoms with Crippen molar-refractivity contribution < 1.29 is 13.4 Å². The van der Waals surface area contributed by atoms with E-state index in [0.717, 1.165) is 5.69 Å². The lowest BCUT2D eigenvalue weighted by Crippen LogP contribution is -1.99. The maximum absolute atomic E-state index is 5.52. The fraction of sp³-hybridized carbons (Fsp3) is 0.0526. The summed E-state index contributed by atoms with van der Waals surface area (Å²) in [5, 5.41) is 13.3. The van der Waals surface area contributed by atoms with Crippen LogP contribution in [0.3, 0.4) is 0 Å². The summed E-state index contributed by atoms with van der Waals surface area (Å²) in [4.78, 5) is 4.36. The van der Waals surface area contributed by atoms with Crippen LogP contribution in [0.1, 0.15) is 5.89 Å². The summed E-state index contributed by atoms with van der Waals surface area (Å²) in [7, 11) is 0. The van der Waals surface area contributed by atoms with Crippen LogP contribution in [-0.2, 0) is 5.75 Å². The van der Waals surface area contributed by atoms with E-state index in [-0.39, 0.29) is 0 Å². The van der Waals surface area contributed by atoms with Gasteiger partial charge >= 0.3 is 0 Å². The van der Waals surface area contributed by atoms with Crippen molar-refractivity contribution in [2.75, 3.05) is 0 Å². The fourth-order valence-corrected chi connectivity index (χ4v) is 3.47. The second-order valence-corrected chi connectivity index (χ2v) is 6.67. The predicted octanol–water partition coefficient (Wildman–Crippen LogP) is 4.46. The Morgan fingerprint density at radius 3 is 2.39 bits per heavy atom. The molecule has 5 aromatic rings. The third-order valence-corrected chi connectivity index (χ3v) is 4.84. The Balaban J connectivity index is 1.44. The minimum absolute atomic E-state index is 0.418. The summed E-state index contributed by atoms with van der Waals surface area (Å²) in [5.41, 5.74) is 0.934. The molecule has 0 N–H and O–H groups in total. The van der Waals surface area contributed by atoms with Crippen LogP contribution in [0.5, 0.6) is 0 Å². The molecule has 0 saturated carbocycles. The largest absolute Gasteiger partial charge is 0.461 e. The Morgan fingerprint density at radius 2 is 1.64 bits per heavy atom. The van der Waals surface area contributed by atoms with Crippen molar-refractivity contribution in [3.63, 3.8) is 0 Å². The van der Waals surface area contributed by atoms with E-state index in [2.05, 4.69) is 20.3 Å². The lowest BCUT2D eigenvalue weighted by Gasteiger charge is -2.08. The molecule has 0 atom stereocenters. The molecule has 0 radical (unpaired) electrons. The molecule has 9 heteroatoms. The van der Waals surface area contributed by atoms with Crippen LogP contribution in [0, 0.1) is 0 Å². The third kappa shape index (κ3) is 3.12. The summed E-state index contributed by atoms with van der Waals surface area (Å²) in [6.07, 6.45) is 3.18. The number of thioether (sulfide) groups is 1. The molecule has 1 aromatic carbocycles. The third-order valence-electron chi connectivity index (χ3n) is 3.92. The first-order chi connectivity index (χ1) is 13.9. The van der Waals surface area contributed by atoms with Crippen molar-refractivity contribution in [3.8, 4) is 28.9 Å². The van der Waals surface area contributed by atoms with Crippen LogP contribution in [-0.4, -0.2) is 24.9 Å². The molecule has 0 saturated heterocycles. The minimum Gasteiger partial charge on any atom is -0.461 e. The number of hydrogen-bond donors (Lipinski definition) is 0. The molecule has 4 heterocycles. The topological polar surface area (TPSA) is 95.9 Å². The van der Waals surface area contributed by atoms with Crippen molar-refractivity contribution >= 4 is 11.8 Å². The first-order valence-electron chi connectivity index (χ1n) is 8.42. The maximum atomic E-state index is 5.52. The zero-order valence-electron chi connectivity index (χ0n) is 14.4. The predicted molar refractivity (Wildman–Crippen MR) is 101 cm³/mol. The van der Waals surface area contributed by atoms with Crippen molar-refractivity contribution in [3.05, 3.63) is 73.0 Å². The minimum atomic E-state index is 0.418. The molecule has 0 aliphatic rings. The van der Waals surface area contributed by atoms with Gasteiger partial charge in [-0.15, -0.1) is 10.2 Å². The van der Waals surface area contributed by atoms with Gasteiger partial charge in [-0.25, -0.2) is 0 Å². The molecule has 0 bridgehead atoms. The second-order valence-electron chi connectivity index (χ2n) is 5.73. The van der Waals surface area contributed by atoms with E-state index in [1.165, 1.54) is 11.8 Å². The van der Waals surface area contributed by atoms with Crippen LogP contribution >= 0.6 is 11.8 Å². The van der Waals surface area contributed by atoms with E-state index in [1.54, 1.807) is 24.7 Å². The Kier molecular flexibility index (Phi) is 4.26. The van der Waals surface area contributed by atoms with E-state index < -0.39 is 0 Å². The normalized spacial score (nSPS) is 11.1. The molecule has 5 rings (SSSR count). The van der Waals surface area contributed by atoms with Gasteiger partial charge in [0.15, 0.2) is 16.7 Å². The van der Waals surface area contributed by atoms with Gasteiger partial charge in [0, 0.05) is 5.69 Å². The van der Waals surface area contributed by atoms with Gasteiger partial charge in [-0.05, 0) is 36.4 Å². The van der Waals surface area contributed by atoms with Gasteiger partial charge in [-0.3, -0.25) is 4.57 Å². The molecule has 0 fully saturated rings. The van der Waals surface area contributed by atoms with Gasteiger partial charge in [0.2, 0.25) is 17.5 Å². The number of aromatic nitrogens is 5. The highest BCUT2D eigenvalue weighted by atomic mass is 32.2. The quantitative estimate of drug-likeness (QED) is 0.391. The molecular weight excluding hydrogens is 378 g/mol. The zero-order valence-corrected chi connectivity index (χ0v) is 15.2. The van der Waals surface area contributed by atoms with Crippen LogP contribution in [0.2, 0.25) is 0 Å². The van der Waals surface area contributed by atoms with Gasteiger partial charge in [0.25, 0.3) is 0 Å². The maximum Gasteiger partial charge on any atom is 0.238 e. The first-order valence-corrected chi connectivity index (χ1v) is 9.41. The monoisotopic (exact) mass is 391 g/mol. The Labute approximate surface area is 163 Å². The van der Waals surface area contributed by atoms with Crippen LogP contribution < -0.4 is 0 Å². The van der Waals surface area contributed by atoms with Gasteiger partial charge in [0.1, 0.15) is 0 Å². The molecular formula is C19H13N5O3S. The summed E-state index contributed by atoms with van der Waals surface area (Å²) >= 11 is 1.44. The first kappa shape index (κ1) is 16.6. The molecule has 0 unspecified atom stereocenters. The highest BCUT2D eigenvalue weighted by Crippen LogP contribution is 2.30. The molecule has 0 aliphatic carbocycles. The zero-order chi connectivity index (χ0) is 18.8. The molecule has 4 aromatic heterocycles. The number of benzene rings is 1. The van der Waals surface area contributed by atoms with Crippen molar-refractivity contribution in [1.82, 2.24) is 24.9 Å². The lowest BCUT2D eigenvalue weighted by molar-refractivity contribution is 0.390. The number of rotatable bonds is 6.